The van der Waals surface area contributed by atoms with Crippen LogP contribution in [0, 0.1) is 6.92 Å². The summed E-state index contributed by atoms with van der Waals surface area (Å²) in [4.78, 5) is 31.3. The molecule has 0 aliphatic heterocycles. The van der Waals surface area contributed by atoms with E-state index < -0.39 is 0 Å². The van der Waals surface area contributed by atoms with Crippen molar-refractivity contribution in [2.45, 2.75) is 65.0 Å². The molecule has 0 radical (unpaired) electrons. The maximum atomic E-state index is 13.1. The van der Waals surface area contributed by atoms with Crippen LogP contribution in [-0.2, 0) is 13.0 Å². The maximum absolute atomic E-state index is 13.1. The van der Waals surface area contributed by atoms with E-state index in [4.69, 9.17) is 0 Å². The number of amides is 1. The van der Waals surface area contributed by atoms with Crippen LogP contribution >= 0.6 is 11.3 Å². The highest BCUT2D eigenvalue weighted by Crippen LogP contribution is 2.30. The number of benzene rings is 1. The van der Waals surface area contributed by atoms with Crippen molar-refractivity contribution in [1.29, 1.82) is 0 Å². The van der Waals surface area contributed by atoms with Crippen LogP contribution in [0.25, 0.3) is 10.2 Å². The smallest absolute Gasteiger partial charge is 0.271 e. The summed E-state index contributed by atoms with van der Waals surface area (Å²) in [6, 6.07) is 8.49. The summed E-state index contributed by atoms with van der Waals surface area (Å²) < 4.78 is 2.38. The monoisotopic (exact) mass is 409 g/mol. The summed E-state index contributed by atoms with van der Waals surface area (Å²) in [5, 5.41) is 2.99. The van der Waals surface area contributed by atoms with Gasteiger partial charge in [0, 0.05) is 17.5 Å². The summed E-state index contributed by atoms with van der Waals surface area (Å²) in [7, 11) is 0. The predicted octanol–water partition coefficient (Wildman–Crippen LogP) is 4.76. The third-order valence-electron chi connectivity index (χ3n) is 5.88. The van der Waals surface area contributed by atoms with Crippen molar-refractivity contribution >= 4 is 27.5 Å². The first-order chi connectivity index (χ1) is 14.1. The lowest BCUT2D eigenvalue weighted by molar-refractivity contribution is 0.0952. The van der Waals surface area contributed by atoms with Crippen LogP contribution in [-0.4, -0.2) is 15.5 Å². The van der Waals surface area contributed by atoms with E-state index in [9.17, 15) is 9.59 Å². The summed E-state index contributed by atoms with van der Waals surface area (Å²) in [6.45, 7) is 4.47. The Morgan fingerprint density at radius 1 is 1.17 bits per heavy atom. The van der Waals surface area contributed by atoms with Crippen LogP contribution in [0.1, 0.15) is 71.4 Å². The molecular formula is C23H27N3O2S. The number of carbonyl (C=O) groups is 1. The van der Waals surface area contributed by atoms with E-state index in [1.165, 1.54) is 23.3 Å². The van der Waals surface area contributed by atoms with Crippen molar-refractivity contribution in [3.8, 4) is 0 Å². The number of rotatable bonds is 5. The first-order valence-electron chi connectivity index (χ1n) is 10.4. The number of hydrogen-bond donors (Lipinski definition) is 1. The largest absolute Gasteiger partial charge is 0.348 e. The van der Waals surface area contributed by atoms with Gasteiger partial charge < -0.3 is 5.32 Å². The SMILES string of the molecule is CCc1ccc(CNC(=O)c2c(C)sc3c(=O)n(C4CCCCC4)cnc23)cc1. The van der Waals surface area contributed by atoms with Gasteiger partial charge in [0.2, 0.25) is 0 Å². The minimum atomic E-state index is -0.171. The van der Waals surface area contributed by atoms with E-state index in [1.807, 2.05) is 19.1 Å². The van der Waals surface area contributed by atoms with Gasteiger partial charge in [0.1, 0.15) is 10.2 Å². The minimum absolute atomic E-state index is 0.01000. The number of thiophene rings is 1. The molecule has 2 aromatic heterocycles. The molecule has 1 amide bonds. The highest BCUT2D eigenvalue weighted by Gasteiger charge is 2.23. The Hall–Kier alpha value is -2.47. The first kappa shape index (κ1) is 19.8. The Kier molecular flexibility index (Phi) is 5.81. The molecule has 6 heteroatoms. The van der Waals surface area contributed by atoms with E-state index in [0.29, 0.717) is 22.3 Å². The molecule has 4 rings (SSSR count). The molecule has 1 fully saturated rings. The number of aromatic nitrogens is 2. The zero-order chi connectivity index (χ0) is 20.4. The van der Waals surface area contributed by atoms with Crippen molar-refractivity contribution in [3.63, 3.8) is 0 Å². The summed E-state index contributed by atoms with van der Waals surface area (Å²) in [6.07, 6.45) is 8.26. The number of carbonyl (C=O) groups excluding carboxylic acids is 1. The molecule has 2 heterocycles. The zero-order valence-electron chi connectivity index (χ0n) is 17.0. The highest BCUT2D eigenvalue weighted by atomic mass is 32.1. The lowest BCUT2D eigenvalue weighted by Gasteiger charge is -2.23. The Bertz CT molecular complexity index is 1080. The molecule has 0 saturated heterocycles. The van der Waals surface area contributed by atoms with Crippen molar-refractivity contribution in [3.05, 3.63) is 62.5 Å². The predicted molar refractivity (Wildman–Crippen MR) is 118 cm³/mol. The lowest BCUT2D eigenvalue weighted by Crippen LogP contribution is -2.27. The van der Waals surface area contributed by atoms with Gasteiger partial charge in [-0.25, -0.2) is 4.98 Å². The maximum Gasteiger partial charge on any atom is 0.271 e. The normalized spacial score (nSPS) is 15.0. The van der Waals surface area contributed by atoms with Crippen molar-refractivity contribution in [1.82, 2.24) is 14.9 Å². The number of hydrogen-bond acceptors (Lipinski definition) is 4. The molecule has 5 nitrogen and oxygen atoms in total. The van der Waals surface area contributed by atoms with E-state index in [0.717, 1.165) is 42.5 Å². The van der Waals surface area contributed by atoms with Gasteiger partial charge in [0.05, 0.1) is 11.9 Å². The second-order valence-corrected chi connectivity index (χ2v) is 9.04. The molecule has 1 saturated carbocycles. The average molecular weight is 410 g/mol. The van der Waals surface area contributed by atoms with Gasteiger partial charge in [0.15, 0.2) is 0 Å². The summed E-state index contributed by atoms with van der Waals surface area (Å²) in [5.74, 6) is -0.171. The van der Waals surface area contributed by atoms with Crippen molar-refractivity contribution in [2.24, 2.45) is 0 Å². The molecule has 0 atom stereocenters. The Balaban J connectivity index is 1.58. The van der Waals surface area contributed by atoms with E-state index in [-0.39, 0.29) is 17.5 Å². The number of aryl methyl sites for hydroxylation is 2. The van der Waals surface area contributed by atoms with Crippen LogP contribution in [0.5, 0.6) is 0 Å². The molecule has 1 N–H and O–H groups in total. The third-order valence-corrected chi connectivity index (χ3v) is 6.96. The van der Waals surface area contributed by atoms with Crippen LogP contribution < -0.4 is 10.9 Å². The second kappa shape index (κ2) is 8.49. The Labute approximate surface area is 174 Å². The third kappa shape index (κ3) is 3.99. The van der Waals surface area contributed by atoms with Crippen LogP contribution in [0.4, 0.5) is 0 Å². The molecule has 1 aliphatic carbocycles. The van der Waals surface area contributed by atoms with E-state index >= 15 is 0 Å². The molecule has 1 aromatic carbocycles. The van der Waals surface area contributed by atoms with Crippen molar-refractivity contribution < 1.29 is 4.79 Å². The van der Waals surface area contributed by atoms with Crippen LogP contribution in [0.2, 0.25) is 0 Å². The second-order valence-electron chi connectivity index (χ2n) is 7.81. The van der Waals surface area contributed by atoms with Gasteiger partial charge in [-0.1, -0.05) is 50.5 Å². The molecule has 0 bridgehead atoms. The topological polar surface area (TPSA) is 64.0 Å². The molecule has 1 aliphatic rings. The van der Waals surface area contributed by atoms with Gasteiger partial charge in [-0.05, 0) is 37.3 Å². The molecule has 152 valence electrons. The van der Waals surface area contributed by atoms with Crippen LogP contribution in [0.3, 0.4) is 0 Å². The first-order valence-corrected chi connectivity index (χ1v) is 11.3. The molecule has 0 spiro atoms. The number of nitrogens with zero attached hydrogens (tertiary/aromatic N) is 2. The Morgan fingerprint density at radius 2 is 1.86 bits per heavy atom. The standard InChI is InChI=1S/C23H27N3O2S/c1-3-16-9-11-17(12-10-16)13-24-22(27)19-15(2)29-21-20(19)25-14-26(23(21)28)18-7-5-4-6-8-18/h9-12,14,18H,3-8,13H2,1-2H3,(H,24,27). The van der Waals surface area contributed by atoms with Gasteiger partial charge in [-0.15, -0.1) is 11.3 Å². The highest BCUT2D eigenvalue weighted by molar-refractivity contribution is 7.19. The fraction of sp³-hybridized carbons (Fsp3) is 0.435. The molecule has 3 aromatic rings. The zero-order valence-corrected chi connectivity index (χ0v) is 17.8. The van der Waals surface area contributed by atoms with Gasteiger partial charge in [0.25, 0.3) is 11.5 Å². The Morgan fingerprint density at radius 3 is 2.55 bits per heavy atom. The van der Waals surface area contributed by atoms with E-state index in [2.05, 4.69) is 29.4 Å². The average Bonchev–Trinajstić information content (AvgIpc) is 3.10. The number of fused-ring (bicyclic) bond motifs is 1. The van der Waals surface area contributed by atoms with Crippen LogP contribution in [0.15, 0.2) is 35.4 Å². The lowest BCUT2D eigenvalue weighted by atomic mass is 9.95. The molecular weight excluding hydrogens is 382 g/mol. The molecule has 0 unspecified atom stereocenters. The minimum Gasteiger partial charge on any atom is -0.348 e. The fourth-order valence-electron chi connectivity index (χ4n) is 4.14. The fourth-order valence-corrected chi connectivity index (χ4v) is 5.18. The van der Waals surface area contributed by atoms with Gasteiger partial charge in [-0.2, -0.15) is 0 Å². The number of nitrogens with one attached hydrogen (secondary N) is 1. The van der Waals surface area contributed by atoms with Gasteiger partial charge in [-0.3, -0.25) is 14.2 Å². The summed E-state index contributed by atoms with van der Waals surface area (Å²) in [5.41, 5.74) is 3.38. The summed E-state index contributed by atoms with van der Waals surface area (Å²) >= 11 is 1.38. The molecule has 29 heavy (non-hydrogen) atoms. The van der Waals surface area contributed by atoms with Gasteiger partial charge >= 0.3 is 0 Å². The van der Waals surface area contributed by atoms with Crippen molar-refractivity contribution in [2.75, 3.05) is 0 Å². The van der Waals surface area contributed by atoms with E-state index in [1.54, 1.807) is 10.9 Å². The quantitative estimate of drug-likeness (QED) is 0.660.